The summed E-state index contributed by atoms with van der Waals surface area (Å²) >= 11 is 0. The van der Waals surface area contributed by atoms with Crippen molar-refractivity contribution in [2.45, 2.75) is 316 Å². The van der Waals surface area contributed by atoms with Crippen LogP contribution in [-0.2, 0) is 65.4 Å². The highest BCUT2D eigenvalue weighted by Crippen LogP contribution is 2.45. The van der Waals surface area contributed by atoms with Gasteiger partial charge in [-0.3, -0.25) is 37.3 Å². The van der Waals surface area contributed by atoms with E-state index < -0.39 is 97.5 Å². The number of allylic oxidation sites excluding steroid dienone is 30. The van der Waals surface area contributed by atoms with Crippen LogP contribution in [0.2, 0.25) is 0 Å². The number of aliphatic hydroxyl groups excluding tert-OH is 1. The molecule has 0 aromatic carbocycles. The third-order valence-corrected chi connectivity index (χ3v) is 18.3. The minimum absolute atomic E-state index is 0.0322. The zero-order valence-corrected chi connectivity index (χ0v) is 68.7. The second-order valence-electron chi connectivity index (χ2n) is 26.5. The molecule has 17 nitrogen and oxygen atoms in total. The van der Waals surface area contributed by atoms with Crippen LogP contribution < -0.4 is 0 Å². The fraction of sp³-hybridized carbons (Fsp3) is 0.618. The summed E-state index contributed by atoms with van der Waals surface area (Å²) in [6.07, 6.45) is 95.8. The van der Waals surface area contributed by atoms with Crippen LogP contribution in [0.4, 0.5) is 0 Å². The van der Waals surface area contributed by atoms with Crippen molar-refractivity contribution in [1.29, 1.82) is 0 Å². The minimum atomic E-state index is -5.00. The predicted molar refractivity (Wildman–Crippen MR) is 445 cm³/mol. The molecule has 0 aliphatic rings. The topological polar surface area (TPSA) is 237 Å². The van der Waals surface area contributed by atoms with Crippen molar-refractivity contribution in [3.8, 4) is 0 Å². The largest absolute Gasteiger partial charge is 0.472 e. The molecule has 0 radical (unpaired) electrons. The Labute approximate surface area is 654 Å². The number of carbonyl (C=O) groups excluding carboxylic acids is 4. The van der Waals surface area contributed by atoms with Crippen molar-refractivity contribution < 1.29 is 80.2 Å². The van der Waals surface area contributed by atoms with Crippen molar-refractivity contribution in [3.63, 3.8) is 0 Å². The van der Waals surface area contributed by atoms with Gasteiger partial charge in [0.15, 0.2) is 12.2 Å². The van der Waals surface area contributed by atoms with Crippen LogP contribution in [0.5, 0.6) is 0 Å². The molecule has 0 aliphatic heterocycles. The Morgan fingerprint density at radius 1 is 0.259 bits per heavy atom. The first kappa shape index (κ1) is 102. The van der Waals surface area contributed by atoms with E-state index in [2.05, 4.69) is 210 Å². The molecule has 0 heterocycles. The molecule has 0 saturated carbocycles. The molecular formula is C89H144O17P2. The summed E-state index contributed by atoms with van der Waals surface area (Å²) in [5, 5.41) is 10.7. The maximum atomic E-state index is 13.1. The number of phosphoric acid groups is 2. The molecule has 0 aliphatic carbocycles. The van der Waals surface area contributed by atoms with Gasteiger partial charge in [0.05, 0.1) is 26.4 Å². The van der Waals surface area contributed by atoms with Crippen LogP contribution in [0, 0.1) is 0 Å². The molecule has 0 spiro atoms. The van der Waals surface area contributed by atoms with Gasteiger partial charge in [0.25, 0.3) is 0 Å². The standard InChI is InChI=1S/C89H144O17P2/c1-5-9-13-17-21-25-29-33-37-39-41-43-47-49-53-57-61-65-69-73-86(91)99-79-84(105-88(93)75-71-67-63-59-55-51-45-35-31-27-23-19-15-11-7-3)81-103-107(95,96)101-77-83(90)78-102-108(97,98)104-82-85(106-89(94)76-72-68-64-60-56-52-46-36-32-28-24-20-16-12-8-4)80-100-87(92)74-70-66-62-58-54-50-48-44-42-40-38-34-30-26-22-18-14-10-6-2/h9-16,21-28,33-38,41-46,55,59,83-85,90H,5-8,17-20,29-32,39-40,47-54,56-58,60-82H2,1-4H3,(H,95,96)(H,97,98)/b13-9-,14-10-,15-11-,16-12-,25-21-,26-22-,27-23-,28-24-,37-33-,38-34-,43-41-,44-42-,45-35-,46-36-,59-55-. The van der Waals surface area contributed by atoms with Crippen LogP contribution in [0.1, 0.15) is 297 Å². The maximum Gasteiger partial charge on any atom is 0.472 e. The average Bonchev–Trinajstić information content (AvgIpc) is 0.923. The number of ether oxygens (including phenoxy) is 4. The van der Waals surface area contributed by atoms with Crippen molar-refractivity contribution >= 4 is 39.5 Å². The Kier molecular flexibility index (Phi) is 75.0. The fourth-order valence-electron chi connectivity index (χ4n) is 10.3. The quantitative estimate of drug-likeness (QED) is 0.0169. The predicted octanol–water partition coefficient (Wildman–Crippen LogP) is 24.3. The average molecular weight is 1550 g/mol. The summed E-state index contributed by atoms with van der Waals surface area (Å²) in [6, 6.07) is 0. The van der Waals surface area contributed by atoms with Gasteiger partial charge in [-0.2, -0.15) is 0 Å². The molecule has 0 bridgehead atoms. The number of esters is 4. The van der Waals surface area contributed by atoms with E-state index >= 15 is 0 Å². The third-order valence-electron chi connectivity index (χ3n) is 16.4. The van der Waals surface area contributed by atoms with Gasteiger partial charge < -0.3 is 33.8 Å². The number of phosphoric ester groups is 2. The summed E-state index contributed by atoms with van der Waals surface area (Å²) in [6.45, 7) is 4.32. The molecule has 19 heteroatoms. The summed E-state index contributed by atoms with van der Waals surface area (Å²) in [5.41, 5.74) is 0. The normalized spacial score (nSPS) is 14.8. The van der Waals surface area contributed by atoms with Crippen molar-refractivity contribution in [2.75, 3.05) is 39.6 Å². The molecule has 0 aromatic rings. The Hall–Kier alpha value is -5.84. The number of rotatable bonds is 75. The molecule has 0 saturated heterocycles. The van der Waals surface area contributed by atoms with Gasteiger partial charge in [-0.15, -0.1) is 0 Å². The third kappa shape index (κ3) is 78.3. The van der Waals surface area contributed by atoms with Gasteiger partial charge in [-0.1, -0.05) is 281 Å². The Morgan fingerprint density at radius 3 is 0.713 bits per heavy atom. The van der Waals surface area contributed by atoms with Crippen molar-refractivity contribution in [3.05, 3.63) is 182 Å². The smallest absolute Gasteiger partial charge is 0.462 e. The zero-order chi connectivity index (χ0) is 78.9. The molecule has 612 valence electrons. The van der Waals surface area contributed by atoms with E-state index in [0.717, 1.165) is 212 Å². The fourth-order valence-corrected chi connectivity index (χ4v) is 11.8. The van der Waals surface area contributed by atoms with Crippen LogP contribution in [0.3, 0.4) is 0 Å². The first-order valence-corrected chi connectivity index (χ1v) is 44.0. The lowest BCUT2D eigenvalue weighted by molar-refractivity contribution is -0.161. The summed E-state index contributed by atoms with van der Waals surface area (Å²) in [4.78, 5) is 73.2. The highest BCUT2D eigenvalue weighted by molar-refractivity contribution is 7.47. The molecule has 5 atom stereocenters. The first-order valence-electron chi connectivity index (χ1n) is 41.0. The van der Waals surface area contributed by atoms with E-state index in [0.29, 0.717) is 32.1 Å². The van der Waals surface area contributed by atoms with E-state index in [1.165, 1.54) is 0 Å². The molecule has 0 aromatic heterocycles. The lowest BCUT2D eigenvalue weighted by Gasteiger charge is -2.21. The molecule has 0 fully saturated rings. The van der Waals surface area contributed by atoms with Gasteiger partial charge in [0, 0.05) is 25.7 Å². The lowest BCUT2D eigenvalue weighted by Crippen LogP contribution is -2.30. The molecule has 108 heavy (non-hydrogen) atoms. The van der Waals surface area contributed by atoms with Crippen molar-refractivity contribution in [2.24, 2.45) is 0 Å². The number of aliphatic hydroxyl groups is 1. The maximum absolute atomic E-state index is 13.1. The van der Waals surface area contributed by atoms with E-state index in [9.17, 15) is 43.2 Å². The minimum Gasteiger partial charge on any atom is -0.462 e. The highest BCUT2D eigenvalue weighted by Gasteiger charge is 2.30. The summed E-state index contributed by atoms with van der Waals surface area (Å²) in [7, 11) is -10.0. The number of hydrogen-bond acceptors (Lipinski definition) is 15. The molecular weight excluding hydrogens is 1400 g/mol. The Bertz CT molecular complexity index is 2760. The van der Waals surface area contributed by atoms with E-state index in [1.54, 1.807) is 0 Å². The number of unbranched alkanes of at least 4 members (excludes halogenated alkanes) is 19. The summed E-state index contributed by atoms with van der Waals surface area (Å²) < 4.78 is 68.6. The zero-order valence-electron chi connectivity index (χ0n) is 66.9. The van der Waals surface area contributed by atoms with Crippen LogP contribution in [-0.4, -0.2) is 96.7 Å². The summed E-state index contributed by atoms with van der Waals surface area (Å²) in [5.74, 6) is -2.28. The second-order valence-corrected chi connectivity index (χ2v) is 29.4. The second kappa shape index (κ2) is 79.3. The van der Waals surface area contributed by atoms with Crippen LogP contribution in [0.25, 0.3) is 0 Å². The van der Waals surface area contributed by atoms with Crippen LogP contribution in [0.15, 0.2) is 182 Å². The highest BCUT2D eigenvalue weighted by atomic mass is 31.2. The number of hydrogen-bond donors (Lipinski definition) is 3. The Balaban J connectivity index is 5.44. The molecule has 3 N–H and O–H groups in total. The molecule has 5 unspecified atom stereocenters. The van der Waals surface area contributed by atoms with Gasteiger partial charge >= 0.3 is 39.5 Å². The monoisotopic (exact) mass is 1550 g/mol. The lowest BCUT2D eigenvalue weighted by atomic mass is 10.1. The molecule has 0 rings (SSSR count). The Morgan fingerprint density at radius 2 is 0.454 bits per heavy atom. The van der Waals surface area contributed by atoms with E-state index in [1.807, 2.05) is 0 Å². The van der Waals surface area contributed by atoms with E-state index in [4.69, 9.17) is 37.0 Å². The first-order chi connectivity index (χ1) is 52.7. The SMILES string of the molecule is CC/C=C\C/C=C\C/C=C\C/C=C\CCCCCCCCC(=O)OCC(COP(=O)(O)OCC(O)COP(=O)(O)OCC(COC(=O)CCCCCCCC/C=C\C/C=C\C/C=C\C/C=C\CC)OC(=O)CCCCCCC/C=C\C/C=C\C/C=C\CC)OC(=O)CCCC/C=C\C/C=C\C/C=C\C/C=C\CC. The van der Waals surface area contributed by atoms with Gasteiger partial charge in [-0.05, 0) is 173 Å². The molecule has 0 amide bonds. The van der Waals surface area contributed by atoms with Crippen molar-refractivity contribution in [1.82, 2.24) is 0 Å². The van der Waals surface area contributed by atoms with Gasteiger partial charge in [-0.25, -0.2) is 9.13 Å². The van der Waals surface area contributed by atoms with E-state index in [-0.39, 0.29) is 25.7 Å². The number of carbonyl (C=O) groups is 4. The van der Waals surface area contributed by atoms with Gasteiger partial charge in [0.2, 0.25) is 0 Å². The van der Waals surface area contributed by atoms with Gasteiger partial charge in [0.1, 0.15) is 19.3 Å². The van der Waals surface area contributed by atoms with Crippen LogP contribution >= 0.6 is 15.6 Å².